The summed E-state index contributed by atoms with van der Waals surface area (Å²) >= 11 is 1.34. The van der Waals surface area contributed by atoms with Gasteiger partial charge in [0.05, 0.1) is 17.1 Å². The van der Waals surface area contributed by atoms with E-state index in [0.717, 1.165) is 29.7 Å². The first-order valence-electron chi connectivity index (χ1n) is 9.21. The Morgan fingerprint density at radius 3 is 2.64 bits per heavy atom. The van der Waals surface area contributed by atoms with Crippen molar-refractivity contribution in [3.63, 3.8) is 0 Å². The van der Waals surface area contributed by atoms with Crippen LogP contribution in [0.4, 0.5) is 5.00 Å². The van der Waals surface area contributed by atoms with E-state index in [-0.39, 0.29) is 11.5 Å². The van der Waals surface area contributed by atoms with Gasteiger partial charge in [0.1, 0.15) is 10.8 Å². The number of esters is 1. The molecule has 0 saturated heterocycles. The predicted molar refractivity (Wildman–Crippen MR) is 109 cm³/mol. The summed E-state index contributed by atoms with van der Waals surface area (Å²) in [5.41, 5.74) is 1.29. The molecule has 1 aliphatic rings. The molecule has 1 atom stereocenters. The fourth-order valence-corrected chi connectivity index (χ4v) is 5.88. The fraction of sp³-hybridized carbons (Fsp3) is 0.400. The van der Waals surface area contributed by atoms with Crippen LogP contribution in [0.2, 0.25) is 0 Å². The lowest BCUT2D eigenvalue weighted by atomic mass is 9.88. The van der Waals surface area contributed by atoms with Crippen molar-refractivity contribution in [2.45, 2.75) is 38.0 Å². The quantitative estimate of drug-likeness (QED) is 0.722. The Morgan fingerprint density at radius 1 is 1.25 bits per heavy atom. The zero-order valence-corrected chi connectivity index (χ0v) is 17.5. The first-order chi connectivity index (χ1) is 13.3. The Balaban J connectivity index is 1.85. The van der Waals surface area contributed by atoms with Crippen LogP contribution in [0.25, 0.3) is 0 Å². The van der Waals surface area contributed by atoms with Crippen LogP contribution in [0.1, 0.15) is 41.1 Å². The lowest BCUT2D eigenvalue weighted by Gasteiger charge is -2.18. The van der Waals surface area contributed by atoms with Gasteiger partial charge >= 0.3 is 5.97 Å². The minimum absolute atomic E-state index is 0.0927. The molecule has 1 aliphatic carbocycles. The van der Waals surface area contributed by atoms with Gasteiger partial charge in [-0.25, -0.2) is 13.2 Å². The zero-order valence-electron chi connectivity index (χ0n) is 15.9. The molecule has 1 aromatic heterocycles. The van der Waals surface area contributed by atoms with Crippen molar-refractivity contribution in [2.75, 3.05) is 17.7 Å². The molecule has 2 aromatic rings. The van der Waals surface area contributed by atoms with E-state index in [1.54, 1.807) is 25.1 Å². The number of hydrogen-bond acceptors (Lipinski definition) is 6. The van der Waals surface area contributed by atoms with Crippen molar-refractivity contribution in [1.82, 2.24) is 0 Å². The Hall–Kier alpha value is -2.19. The summed E-state index contributed by atoms with van der Waals surface area (Å²) in [6.45, 7) is 4.11. The summed E-state index contributed by atoms with van der Waals surface area (Å²) in [7, 11) is -3.76. The van der Waals surface area contributed by atoms with E-state index in [1.165, 1.54) is 23.5 Å². The molecule has 150 valence electrons. The SMILES string of the molecule is CCOC(=O)c1c(NC(=O)CS(=O)(=O)c2ccccc2)sc2c1CCC(C)C2. The number of nitrogens with one attached hydrogen (secondary N) is 1. The maximum atomic E-state index is 12.5. The number of ether oxygens (including phenoxy) is 1. The minimum Gasteiger partial charge on any atom is -0.462 e. The third kappa shape index (κ3) is 4.44. The Labute approximate surface area is 168 Å². The van der Waals surface area contributed by atoms with Gasteiger partial charge in [0.15, 0.2) is 9.84 Å². The second-order valence-electron chi connectivity index (χ2n) is 6.90. The summed E-state index contributed by atoms with van der Waals surface area (Å²) in [4.78, 5) is 26.1. The highest BCUT2D eigenvalue weighted by Gasteiger charge is 2.30. The van der Waals surface area contributed by atoms with Gasteiger partial charge in [-0.3, -0.25) is 4.79 Å². The molecular formula is C20H23NO5S2. The predicted octanol–water partition coefficient (Wildman–Crippen LogP) is 3.46. The van der Waals surface area contributed by atoms with E-state index in [2.05, 4.69) is 12.2 Å². The summed E-state index contributed by atoms with van der Waals surface area (Å²) in [6.07, 6.45) is 2.55. The van der Waals surface area contributed by atoms with Crippen LogP contribution in [0.15, 0.2) is 35.2 Å². The van der Waals surface area contributed by atoms with Crippen LogP contribution in [0, 0.1) is 5.92 Å². The van der Waals surface area contributed by atoms with Crippen molar-refractivity contribution in [3.05, 3.63) is 46.3 Å². The third-order valence-electron chi connectivity index (χ3n) is 4.67. The summed E-state index contributed by atoms with van der Waals surface area (Å²) in [6, 6.07) is 7.84. The van der Waals surface area contributed by atoms with E-state index in [0.29, 0.717) is 16.5 Å². The molecule has 0 radical (unpaired) electrons. The van der Waals surface area contributed by atoms with E-state index in [9.17, 15) is 18.0 Å². The second kappa shape index (κ2) is 8.45. The topological polar surface area (TPSA) is 89.5 Å². The first-order valence-corrected chi connectivity index (χ1v) is 11.7. The summed E-state index contributed by atoms with van der Waals surface area (Å²) in [5, 5.41) is 3.03. The number of benzene rings is 1. The molecule has 6 nitrogen and oxygen atoms in total. The smallest absolute Gasteiger partial charge is 0.341 e. The molecular weight excluding hydrogens is 398 g/mol. The minimum atomic E-state index is -3.76. The van der Waals surface area contributed by atoms with Crippen LogP contribution in [0.5, 0.6) is 0 Å². The number of hydrogen-bond donors (Lipinski definition) is 1. The maximum absolute atomic E-state index is 12.5. The highest BCUT2D eigenvalue weighted by Crippen LogP contribution is 2.40. The average Bonchev–Trinajstić information content (AvgIpc) is 2.98. The van der Waals surface area contributed by atoms with Crippen LogP contribution in [0.3, 0.4) is 0 Å². The number of rotatable bonds is 6. The standard InChI is InChI=1S/C20H23NO5S2/c1-3-26-20(23)18-15-10-9-13(2)11-16(15)27-19(18)21-17(22)12-28(24,25)14-7-5-4-6-8-14/h4-8,13H,3,9-12H2,1-2H3,(H,21,22). The van der Waals surface area contributed by atoms with Gasteiger partial charge in [0.25, 0.3) is 0 Å². The number of sulfone groups is 1. The van der Waals surface area contributed by atoms with Crippen LogP contribution in [-0.2, 0) is 32.2 Å². The Morgan fingerprint density at radius 2 is 1.96 bits per heavy atom. The van der Waals surface area contributed by atoms with Gasteiger partial charge < -0.3 is 10.1 Å². The van der Waals surface area contributed by atoms with Gasteiger partial charge in [-0.15, -0.1) is 11.3 Å². The van der Waals surface area contributed by atoms with E-state index < -0.39 is 27.5 Å². The Kier molecular flexibility index (Phi) is 6.20. The number of thiophene rings is 1. The number of amides is 1. The molecule has 0 bridgehead atoms. The monoisotopic (exact) mass is 421 g/mol. The number of carbonyl (C=O) groups excluding carboxylic acids is 2. The molecule has 8 heteroatoms. The molecule has 1 amide bonds. The van der Waals surface area contributed by atoms with E-state index in [4.69, 9.17) is 4.74 Å². The van der Waals surface area contributed by atoms with Gasteiger partial charge in [-0.05, 0) is 49.8 Å². The molecule has 0 fully saturated rings. The van der Waals surface area contributed by atoms with Crippen LogP contribution in [-0.4, -0.2) is 32.7 Å². The summed E-state index contributed by atoms with van der Waals surface area (Å²) in [5.74, 6) is -1.32. The normalized spacial score (nSPS) is 16.3. The lowest BCUT2D eigenvalue weighted by Crippen LogP contribution is -2.23. The van der Waals surface area contributed by atoms with E-state index in [1.807, 2.05) is 0 Å². The molecule has 1 aromatic carbocycles. The Bertz CT molecular complexity index is 980. The number of fused-ring (bicyclic) bond motifs is 1. The number of carbonyl (C=O) groups is 2. The van der Waals surface area contributed by atoms with Crippen molar-refractivity contribution in [2.24, 2.45) is 5.92 Å². The van der Waals surface area contributed by atoms with Gasteiger partial charge in [-0.2, -0.15) is 0 Å². The maximum Gasteiger partial charge on any atom is 0.341 e. The van der Waals surface area contributed by atoms with Crippen LogP contribution < -0.4 is 5.32 Å². The van der Waals surface area contributed by atoms with Crippen molar-refractivity contribution in [3.8, 4) is 0 Å². The average molecular weight is 422 g/mol. The van der Waals surface area contributed by atoms with Gasteiger partial charge in [-0.1, -0.05) is 25.1 Å². The molecule has 1 N–H and O–H groups in total. The summed E-state index contributed by atoms with van der Waals surface area (Å²) < 4.78 is 30.1. The fourth-order valence-electron chi connectivity index (χ4n) is 3.30. The van der Waals surface area contributed by atoms with Crippen molar-refractivity contribution in [1.29, 1.82) is 0 Å². The van der Waals surface area contributed by atoms with E-state index >= 15 is 0 Å². The molecule has 0 saturated carbocycles. The first kappa shape index (κ1) is 20.5. The largest absolute Gasteiger partial charge is 0.462 e. The molecule has 28 heavy (non-hydrogen) atoms. The van der Waals surface area contributed by atoms with Crippen molar-refractivity contribution < 1.29 is 22.7 Å². The highest BCUT2D eigenvalue weighted by molar-refractivity contribution is 7.92. The zero-order chi connectivity index (χ0) is 20.3. The molecule has 0 aliphatic heterocycles. The third-order valence-corrected chi connectivity index (χ3v) is 7.47. The van der Waals surface area contributed by atoms with Crippen molar-refractivity contribution >= 4 is 38.1 Å². The second-order valence-corrected chi connectivity index (χ2v) is 9.99. The molecule has 1 unspecified atom stereocenters. The highest BCUT2D eigenvalue weighted by atomic mass is 32.2. The van der Waals surface area contributed by atoms with Gasteiger partial charge in [0.2, 0.25) is 5.91 Å². The van der Waals surface area contributed by atoms with Crippen LogP contribution >= 0.6 is 11.3 Å². The molecule has 3 rings (SSSR count). The molecule has 0 spiro atoms. The van der Waals surface area contributed by atoms with Gasteiger partial charge in [0, 0.05) is 4.88 Å². The number of anilines is 1. The lowest BCUT2D eigenvalue weighted by molar-refractivity contribution is -0.113. The molecule has 1 heterocycles.